The third-order valence-corrected chi connectivity index (χ3v) is 4.53. The van der Waals surface area contributed by atoms with E-state index in [1.54, 1.807) is 0 Å². The maximum atomic E-state index is 11.0. The summed E-state index contributed by atoms with van der Waals surface area (Å²) < 4.78 is 5.86. The Kier molecular flexibility index (Phi) is 3.76. The maximum absolute atomic E-state index is 11.0. The largest absolute Gasteiger partial charge is 0.458 e. The highest BCUT2D eigenvalue weighted by molar-refractivity contribution is 6.31. The molecule has 3 rings (SSSR count). The number of fused-ring (bicyclic) bond motifs is 1. The van der Waals surface area contributed by atoms with Gasteiger partial charge < -0.3 is 14.4 Å². The molecule has 4 heteroatoms. The lowest BCUT2D eigenvalue weighted by atomic mass is 9.92. The number of nitrogens with zero attached hydrogens (tertiary/aromatic N) is 1. The van der Waals surface area contributed by atoms with Crippen LogP contribution >= 0.6 is 11.6 Å². The molecule has 108 valence electrons. The summed E-state index contributed by atoms with van der Waals surface area (Å²) in [6, 6.07) is 7.48. The Bertz CT molecular complexity index is 610. The number of rotatable bonds is 2. The average Bonchev–Trinajstić information content (AvgIpc) is 2.76. The quantitative estimate of drug-likeness (QED) is 0.915. The van der Waals surface area contributed by atoms with Crippen molar-refractivity contribution in [3.8, 4) is 0 Å². The molecular formula is C16H20ClNO2. The molecule has 0 aliphatic carbocycles. The summed E-state index contributed by atoms with van der Waals surface area (Å²) in [6.07, 6.45) is 2.45. The Balaban J connectivity index is 1.92. The molecule has 20 heavy (non-hydrogen) atoms. The number of likely N-dealkylation sites (tertiary alicyclic amines) is 1. The fraction of sp³-hybridized carbons (Fsp3) is 0.500. The Morgan fingerprint density at radius 3 is 2.95 bits per heavy atom. The van der Waals surface area contributed by atoms with E-state index in [1.165, 1.54) is 0 Å². The Morgan fingerprint density at radius 2 is 2.15 bits per heavy atom. The van der Waals surface area contributed by atoms with E-state index in [2.05, 4.69) is 11.8 Å². The Hall–Kier alpha value is -1.03. The lowest BCUT2D eigenvalue weighted by Crippen LogP contribution is -2.28. The van der Waals surface area contributed by atoms with Gasteiger partial charge in [-0.1, -0.05) is 18.5 Å². The zero-order valence-electron chi connectivity index (χ0n) is 11.7. The molecule has 0 spiro atoms. The Labute approximate surface area is 124 Å². The maximum Gasteiger partial charge on any atom is 0.136 e. The number of benzene rings is 1. The molecule has 1 aliphatic heterocycles. The van der Waals surface area contributed by atoms with E-state index in [1.807, 2.05) is 24.3 Å². The zero-order chi connectivity index (χ0) is 14.2. The molecule has 1 aromatic heterocycles. The third kappa shape index (κ3) is 2.58. The summed E-state index contributed by atoms with van der Waals surface area (Å²) in [7, 11) is 0. The summed E-state index contributed by atoms with van der Waals surface area (Å²) in [5.74, 6) is 0.674. The summed E-state index contributed by atoms with van der Waals surface area (Å²) in [5, 5.41) is 12.6. The van der Waals surface area contributed by atoms with E-state index >= 15 is 0 Å². The molecule has 1 aliphatic rings. The average molecular weight is 294 g/mol. The van der Waals surface area contributed by atoms with Gasteiger partial charge in [0.15, 0.2) is 0 Å². The molecule has 1 atom stereocenters. The van der Waals surface area contributed by atoms with Gasteiger partial charge in [-0.3, -0.25) is 0 Å². The van der Waals surface area contributed by atoms with E-state index in [4.69, 9.17) is 16.0 Å². The van der Waals surface area contributed by atoms with Gasteiger partial charge in [-0.15, -0.1) is 0 Å². The molecule has 1 aromatic carbocycles. The molecular weight excluding hydrogens is 274 g/mol. The van der Waals surface area contributed by atoms with Gasteiger partial charge in [-0.2, -0.15) is 0 Å². The van der Waals surface area contributed by atoms with Crippen LogP contribution in [-0.4, -0.2) is 29.6 Å². The normalized spacial score (nSPS) is 24.9. The Morgan fingerprint density at radius 1 is 1.30 bits per heavy atom. The molecule has 0 amide bonds. The van der Waals surface area contributed by atoms with Gasteiger partial charge in [0.2, 0.25) is 0 Å². The summed E-state index contributed by atoms with van der Waals surface area (Å²) >= 11 is 6.00. The van der Waals surface area contributed by atoms with E-state index in [0.29, 0.717) is 17.2 Å². The second kappa shape index (κ2) is 5.40. The van der Waals surface area contributed by atoms with Crippen LogP contribution in [0.5, 0.6) is 0 Å². The molecule has 0 bridgehead atoms. The molecule has 3 nitrogen and oxygen atoms in total. The molecule has 2 heterocycles. The van der Waals surface area contributed by atoms with Crippen LogP contribution in [0.2, 0.25) is 5.02 Å². The van der Waals surface area contributed by atoms with E-state index < -0.39 is 5.60 Å². The summed E-state index contributed by atoms with van der Waals surface area (Å²) in [4.78, 5) is 2.37. The minimum Gasteiger partial charge on any atom is -0.458 e. The first-order chi connectivity index (χ1) is 9.60. The highest BCUT2D eigenvalue weighted by Gasteiger charge is 2.34. The van der Waals surface area contributed by atoms with Gasteiger partial charge in [0.25, 0.3) is 0 Å². The zero-order valence-corrected chi connectivity index (χ0v) is 12.5. The molecule has 2 aromatic rings. The molecule has 1 unspecified atom stereocenters. The van der Waals surface area contributed by atoms with Crippen LogP contribution in [0.1, 0.15) is 31.9 Å². The minimum atomic E-state index is -0.852. The van der Waals surface area contributed by atoms with Crippen molar-refractivity contribution in [1.29, 1.82) is 0 Å². The van der Waals surface area contributed by atoms with Gasteiger partial charge in [0, 0.05) is 17.0 Å². The fourth-order valence-electron chi connectivity index (χ4n) is 2.98. The third-order valence-electron chi connectivity index (χ3n) is 4.29. The number of halogens is 1. The monoisotopic (exact) mass is 293 g/mol. The van der Waals surface area contributed by atoms with Crippen molar-refractivity contribution in [1.82, 2.24) is 4.90 Å². The van der Waals surface area contributed by atoms with Crippen molar-refractivity contribution in [2.45, 2.75) is 31.8 Å². The second-order valence-corrected chi connectivity index (χ2v) is 6.05. The predicted molar refractivity (Wildman–Crippen MR) is 81.1 cm³/mol. The van der Waals surface area contributed by atoms with Crippen molar-refractivity contribution in [2.75, 3.05) is 19.6 Å². The highest BCUT2D eigenvalue weighted by atomic mass is 35.5. The van der Waals surface area contributed by atoms with Crippen molar-refractivity contribution < 1.29 is 9.52 Å². The van der Waals surface area contributed by atoms with Crippen LogP contribution in [0.3, 0.4) is 0 Å². The van der Waals surface area contributed by atoms with Crippen LogP contribution in [0, 0.1) is 0 Å². The van der Waals surface area contributed by atoms with Gasteiger partial charge in [-0.05, 0) is 56.6 Å². The molecule has 1 N–H and O–H groups in total. The smallest absolute Gasteiger partial charge is 0.136 e. The van der Waals surface area contributed by atoms with Gasteiger partial charge in [0.1, 0.15) is 16.9 Å². The van der Waals surface area contributed by atoms with Crippen LogP contribution in [0.25, 0.3) is 11.0 Å². The van der Waals surface area contributed by atoms with Crippen LogP contribution in [-0.2, 0) is 5.60 Å². The molecule has 1 saturated heterocycles. The fourth-order valence-corrected chi connectivity index (χ4v) is 3.16. The first kappa shape index (κ1) is 13.9. The van der Waals surface area contributed by atoms with Gasteiger partial charge in [0.05, 0.1) is 0 Å². The van der Waals surface area contributed by atoms with E-state index in [-0.39, 0.29) is 0 Å². The van der Waals surface area contributed by atoms with Crippen molar-refractivity contribution in [2.24, 2.45) is 0 Å². The van der Waals surface area contributed by atoms with E-state index in [9.17, 15) is 5.11 Å². The standard InChI is InChI=1S/C16H20ClNO2/c1-2-18-8-3-6-16(19,7-9-18)15-11-12-10-13(17)4-5-14(12)20-15/h4-5,10-11,19H,2-3,6-9H2,1H3. The van der Waals surface area contributed by atoms with E-state index in [0.717, 1.165) is 43.4 Å². The minimum absolute atomic E-state index is 0.674. The van der Waals surface area contributed by atoms with Crippen molar-refractivity contribution in [3.63, 3.8) is 0 Å². The number of aliphatic hydroxyl groups is 1. The lowest BCUT2D eigenvalue weighted by molar-refractivity contribution is 0.00191. The number of furan rings is 1. The van der Waals surface area contributed by atoms with Gasteiger partial charge >= 0.3 is 0 Å². The molecule has 0 radical (unpaired) electrons. The number of hydrogen-bond acceptors (Lipinski definition) is 3. The van der Waals surface area contributed by atoms with Crippen LogP contribution in [0.15, 0.2) is 28.7 Å². The predicted octanol–water partition coefficient (Wildman–Crippen LogP) is 3.78. The second-order valence-electron chi connectivity index (χ2n) is 5.61. The van der Waals surface area contributed by atoms with Crippen molar-refractivity contribution in [3.05, 3.63) is 35.0 Å². The first-order valence-corrected chi connectivity index (χ1v) is 7.63. The van der Waals surface area contributed by atoms with Crippen molar-refractivity contribution >= 4 is 22.6 Å². The van der Waals surface area contributed by atoms with Crippen LogP contribution < -0.4 is 0 Å². The first-order valence-electron chi connectivity index (χ1n) is 7.25. The molecule has 0 saturated carbocycles. The summed E-state index contributed by atoms with van der Waals surface area (Å²) in [5.41, 5.74) is -0.0653. The molecule has 1 fully saturated rings. The lowest BCUT2D eigenvalue weighted by Gasteiger charge is -2.24. The number of hydrogen-bond donors (Lipinski definition) is 1. The van der Waals surface area contributed by atoms with Crippen LogP contribution in [0.4, 0.5) is 0 Å². The SMILES string of the molecule is CCN1CCCC(O)(c2cc3cc(Cl)ccc3o2)CC1. The highest BCUT2D eigenvalue weighted by Crippen LogP contribution is 2.36. The summed E-state index contributed by atoms with van der Waals surface area (Å²) in [6.45, 7) is 5.15. The van der Waals surface area contributed by atoms with Gasteiger partial charge in [-0.25, -0.2) is 0 Å². The topological polar surface area (TPSA) is 36.6 Å².